The molecule has 0 bridgehead atoms. The molecule has 2 rings (SSSR count). The molecule has 1 atom stereocenters. The summed E-state index contributed by atoms with van der Waals surface area (Å²) in [6.07, 6.45) is 1.63. The molecule has 124 valence electrons. The molecule has 1 N–H and O–H groups in total. The Morgan fingerprint density at radius 2 is 2.09 bits per heavy atom. The number of nitrogens with zero attached hydrogens (tertiary/aromatic N) is 1. The first kappa shape index (κ1) is 17.0. The highest BCUT2D eigenvalue weighted by molar-refractivity contribution is 6.00. The van der Waals surface area contributed by atoms with Gasteiger partial charge in [-0.15, -0.1) is 0 Å². The highest BCUT2D eigenvalue weighted by Gasteiger charge is 2.20. The number of hydrogen-bond donors (Lipinski definition) is 1. The van der Waals surface area contributed by atoms with Crippen molar-refractivity contribution < 1.29 is 19.1 Å². The number of methoxy groups -OCH3 is 1. The van der Waals surface area contributed by atoms with Crippen molar-refractivity contribution >= 4 is 11.8 Å². The van der Waals surface area contributed by atoms with E-state index in [2.05, 4.69) is 9.55 Å². The van der Waals surface area contributed by atoms with Gasteiger partial charge in [0.25, 0.3) is 0 Å². The third-order valence-electron chi connectivity index (χ3n) is 3.79. The van der Waals surface area contributed by atoms with Crippen LogP contribution in [-0.2, 0) is 9.47 Å². The molecule has 0 saturated heterocycles. The van der Waals surface area contributed by atoms with Crippen LogP contribution in [-0.4, -0.2) is 41.6 Å². The number of ketones is 1. The second-order valence-corrected chi connectivity index (χ2v) is 5.54. The van der Waals surface area contributed by atoms with E-state index in [-0.39, 0.29) is 18.4 Å². The van der Waals surface area contributed by atoms with Crippen molar-refractivity contribution in [2.24, 2.45) is 0 Å². The normalized spacial score (nSPS) is 12.2. The van der Waals surface area contributed by atoms with Crippen molar-refractivity contribution in [3.8, 4) is 0 Å². The number of Topliss-reactive ketones (excluding diaryl/α,β-unsaturated/α-hetero) is 1. The summed E-state index contributed by atoms with van der Waals surface area (Å²) in [5, 5.41) is 0. The van der Waals surface area contributed by atoms with E-state index in [1.165, 1.54) is 0 Å². The van der Waals surface area contributed by atoms with Gasteiger partial charge in [0.05, 0.1) is 12.6 Å². The quantitative estimate of drug-likeness (QED) is 0.629. The van der Waals surface area contributed by atoms with Crippen molar-refractivity contribution in [1.29, 1.82) is 0 Å². The predicted molar refractivity (Wildman–Crippen MR) is 85.9 cm³/mol. The molecule has 0 fully saturated rings. The van der Waals surface area contributed by atoms with Crippen LogP contribution in [0.15, 0.2) is 24.4 Å². The third kappa shape index (κ3) is 3.71. The van der Waals surface area contributed by atoms with Crippen LogP contribution < -0.4 is 0 Å². The lowest BCUT2D eigenvalue weighted by atomic mass is 10.1. The van der Waals surface area contributed by atoms with Gasteiger partial charge in [0.2, 0.25) is 5.78 Å². The molecule has 0 radical (unpaired) electrons. The fourth-order valence-electron chi connectivity index (χ4n) is 2.80. The summed E-state index contributed by atoms with van der Waals surface area (Å²) in [6.45, 7) is 6.15. The topological polar surface area (TPSA) is 73.3 Å². The van der Waals surface area contributed by atoms with E-state index >= 15 is 0 Å². The molecule has 0 amide bonds. The zero-order valence-electron chi connectivity index (χ0n) is 13.9. The number of aromatic amines is 1. The highest BCUT2D eigenvalue weighted by Crippen LogP contribution is 2.21. The summed E-state index contributed by atoms with van der Waals surface area (Å²) >= 11 is 0. The Balaban J connectivity index is 2.08. The number of H-pyrrole nitrogens is 1. The molecule has 0 saturated carbocycles. The molecule has 6 heteroatoms. The first-order chi connectivity index (χ1) is 11.0. The number of ether oxygens (including phenoxy) is 2. The maximum atomic E-state index is 12.4. The standard InChI is InChI=1S/C17H22N2O4/c1-11-8-14(13(3)19(11)12(2)9-22-4)16(20)10-23-17(21)15-6-5-7-18-15/h5-8,12,18H,9-10H2,1-4H3/t12-/m1/s1. The molecule has 0 aliphatic carbocycles. The molecule has 2 aromatic heterocycles. The molecule has 23 heavy (non-hydrogen) atoms. The lowest BCUT2D eigenvalue weighted by Gasteiger charge is -2.17. The summed E-state index contributed by atoms with van der Waals surface area (Å²) < 4.78 is 12.3. The molecule has 0 unspecified atom stereocenters. The van der Waals surface area contributed by atoms with Gasteiger partial charge >= 0.3 is 5.97 Å². The summed E-state index contributed by atoms with van der Waals surface area (Å²) in [5.74, 6) is -0.751. The largest absolute Gasteiger partial charge is 0.453 e. The van der Waals surface area contributed by atoms with Gasteiger partial charge < -0.3 is 19.0 Å². The SMILES string of the molecule is COC[C@@H](C)n1c(C)cc(C(=O)COC(=O)c2ccc[nH]2)c1C. The van der Waals surface area contributed by atoms with Gasteiger partial charge in [-0.3, -0.25) is 4.79 Å². The first-order valence-electron chi connectivity index (χ1n) is 7.46. The summed E-state index contributed by atoms with van der Waals surface area (Å²) in [6, 6.07) is 5.25. The second-order valence-electron chi connectivity index (χ2n) is 5.54. The summed E-state index contributed by atoms with van der Waals surface area (Å²) in [5.41, 5.74) is 2.74. The molecule has 0 aromatic carbocycles. The van der Waals surface area contributed by atoms with Crippen molar-refractivity contribution in [3.05, 3.63) is 47.0 Å². The van der Waals surface area contributed by atoms with E-state index in [0.29, 0.717) is 17.9 Å². The molecule has 0 spiro atoms. The van der Waals surface area contributed by atoms with Gasteiger partial charge in [0.15, 0.2) is 6.61 Å². The van der Waals surface area contributed by atoms with Crippen LogP contribution >= 0.6 is 0 Å². The number of nitrogens with one attached hydrogen (secondary N) is 1. The number of aryl methyl sites for hydroxylation is 1. The Morgan fingerprint density at radius 1 is 1.35 bits per heavy atom. The van der Waals surface area contributed by atoms with Crippen LogP contribution in [0.3, 0.4) is 0 Å². The molecule has 6 nitrogen and oxygen atoms in total. The third-order valence-corrected chi connectivity index (χ3v) is 3.79. The van der Waals surface area contributed by atoms with E-state index in [0.717, 1.165) is 11.4 Å². The van der Waals surface area contributed by atoms with Crippen LogP contribution in [0.2, 0.25) is 0 Å². The van der Waals surface area contributed by atoms with E-state index in [9.17, 15) is 9.59 Å². The van der Waals surface area contributed by atoms with Gasteiger partial charge in [-0.2, -0.15) is 0 Å². The van der Waals surface area contributed by atoms with Crippen molar-refractivity contribution in [2.45, 2.75) is 26.8 Å². The minimum absolute atomic E-state index is 0.128. The molecule has 0 aliphatic rings. The van der Waals surface area contributed by atoms with Crippen LogP contribution in [0.5, 0.6) is 0 Å². The monoisotopic (exact) mass is 318 g/mol. The van der Waals surface area contributed by atoms with Gasteiger partial charge in [-0.05, 0) is 39.0 Å². The maximum Gasteiger partial charge on any atom is 0.355 e. The molecule has 2 aromatic rings. The van der Waals surface area contributed by atoms with Crippen molar-refractivity contribution in [3.63, 3.8) is 0 Å². The van der Waals surface area contributed by atoms with Gasteiger partial charge in [0.1, 0.15) is 5.69 Å². The molecular formula is C17H22N2O4. The lowest BCUT2D eigenvalue weighted by Crippen LogP contribution is -2.17. The predicted octanol–water partition coefficient (Wildman–Crippen LogP) is 2.68. The Labute approximate surface area is 135 Å². The second kappa shape index (κ2) is 7.28. The number of carbonyl (C=O) groups is 2. The minimum atomic E-state index is -0.537. The van der Waals surface area contributed by atoms with E-state index in [4.69, 9.17) is 9.47 Å². The van der Waals surface area contributed by atoms with Crippen molar-refractivity contribution in [2.75, 3.05) is 20.3 Å². The fourth-order valence-corrected chi connectivity index (χ4v) is 2.80. The smallest absolute Gasteiger partial charge is 0.355 e. The Morgan fingerprint density at radius 3 is 2.70 bits per heavy atom. The fraction of sp³-hybridized carbons (Fsp3) is 0.412. The zero-order chi connectivity index (χ0) is 17.0. The number of carbonyl (C=O) groups excluding carboxylic acids is 2. The van der Waals surface area contributed by atoms with E-state index < -0.39 is 5.97 Å². The van der Waals surface area contributed by atoms with E-state index in [1.54, 1.807) is 25.4 Å². The average molecular weight is 318 g/mol. The number of hydrogen-bond acceptors (Lipinski definition) is 4. The first-order valence-corrected chi connectivity index (χ1v) is 7.46. The van der Waals surface area contributed by atoms with E-state index in [1.807, 2.05) is 26.8 Å². The molecular weight excluding hydrogens is 296 g/mol. The van der Waals surface area contributed by atoms with Crippen LogP contribution in [0.25, 0.3) is 0 Å². The lowest BCUT2D eigenvalue weighted by molar-refractivity contribution is 0.0469. The molecule has 2 heterocycles. The minimum Gasteiger partial charge on any atom is -0.453 e. The Bertz CT molecular complexity index is 686. The average Bonchev–Trinajstić information content (AvgIpc) is 3.13. The van der Waals surface area contributed by atoms with Gasteiger partial charge in [0, 0.05) is 30.3 Å². The zero-order valence-corrected chi connectivity index (χ0v) is 13.9. The number of rotatable bonds is 7. The summed E-state index contributed by atoms with van der Waals surface area (Å²) in [7, 11) is 1.65. The highest BCUT2D eigenvalue weighted by atomic mass is 16.5. The van der Waals surface area contributed by atoms with Gasteiger partial charge in [-0.25, -0.2) is 4.79 Å². The summed E-state index contributed by atoms with van der Waals surface area (Å²) in [4.78, 5) is 26.9. The number of aromatic nitrogens is 2. The van der Waals surface area contributed by atoms with Gasteiger partial charge in [-0.1, -0.05) is 0 Å². The Hall–Kier alpha value is -2.34. The van der Waals surface area contributed by atoms with Crippen LogP contribution in [0.1, 0.15) is 45.2 Å². The van der Waals surface area contributed by atoms with Crippen LogP contribution in [0, 0.1) is 13.8 Å². The maximum absolute atomic E-state index is 12.4. The number of esters is 1. The molecule has 0 aliphatic heterocycles. The van der Waals surface area contributed by atoms with Crippen molar-refractivity contribution in [1.82, 2.24) is 9.55 Å². The Kier molecular flexibility index (Phi) is 5.39. The van der Waals surface area contributed by atoms with Crippen LogP contribution in [0.4, 0.5) is 0 Å².